The van der Waals surface area contributed by atoms with Crippen LogP contribution in [0.1, 0.15) is 12.0 Å². The van der Waals surface area contributed by atoms with E-state index in [2.05, 4.69) is 0 Å². The van der Waals surface area contributed by atoms with Crippen LogP contribution in [-0.2, 0) is 10.7 Å². The number of allylic oxidation sites excluding steroid dienone is 2. The molecule has 0 aromatic heterocycles. The number of thioether (sulfide) groups is 1. The number of hydrogen-bond acceptors (Lipinski definition) is 4. The Morgan fingerprint density at radius 1 is 1.30 bits per heavy atom. The van der Waals surface area contributed by atoms with Crippen molar-refractivity contribution in [2.45, 2.75) is 17.7 Å². The number of aliphatic carboxylic acids is 1. The van der Waals surface area contributed by atoms with Gasteiger partial charge in [0.15, 0.2) is 0 Å². The molecule has 0 spiro atoms. The highest BCUT2D eigenvalue weighted by Crippen LogP contribution is 2.35. The lowest BCUT2D eigenvalue weighted by Gasteiger charge is -2.33. The topological polar surface area (TPSA) is 43.8 Å². The first kappa shape index (κ1) is 21.4. The van der Waals surface area contributed by atoms with E-state index in [1.165, 1.54) is 17.8 Å². The quantitative estimate of drug-likeness (QED) is 0.684. The van der Waals surface area contributed by atoms with Gasteiger partial charge in [0.05, 0.1) is 5.57 Å². The van der Waals surface area contributed by atoms with Gasteiger partial charge in [0.1, 0.15) is 11.2 Å². The molecule has 1 N–H and O–H groups in total. The summed E-state index contributed by atoms with van der Waals surface area (Å²) in [5.74, 6) is -4.67. The maximum Gasteiger partial charge on any atom is 0.334 e. The molecule has 148 valence electrons. The van der Waals surface area contributed by atoms with Crippen LogP contribution in [0.15, 0.2) is 48.2 Å². The van der Waals surface area contributed by atoms with Crippen molar-refractivity contribution >= 4 is 17.7 Å². The first-order chi connectivity index (χ1) is 12.7. The van der Waals surface area contributed by atoms with Crippen molar-refractivity contribution < 1.29 is 23.1 Å². The molecule has 0 fully saturated rings. The van der Waals surface area contributed by atoms with Gasteiger partial charge >= 0.3 is 5.97 Å². The van der Waals surface area contributed by atoms with Crippen molar-refractivity contribution in [2.24, 2.45) is 0 Å². The summed E-state index contributed by atoms with van der Waals surface area (Å²) in [6.45, 7) is 1.29. The first-order valence-corrected chi connectivity index (χ1v) is 9.53. The molecule has 0 bridgehead atoms. The van der Waals surface area contributed by atoms with Crippen molar-refractivity contribution in [3.05, 3.63) is 59.6 Å². The molecule has 1 aromatic rings. The molecule has 0 saturated carbocycles. The molecule has 4 nitrogen and oxygen atoms in total. The third-order valence-electron chi connectivity index (χ3n) is 4.13. The summed E-state index contributed by atoms with van der Waals surface area (Å²) in [5.41, 5.74) is -0.0714. The van der Waals surface area contributed by atoms with Gasteiger partial charge < -0.3 is 14.9 Å². The van der Waals surface area contributed by atoms with E-state index < -0.39 is 29.5 Å². The number of carbonyl (C=O) groups is 1. The largest absolute Gasteiger partial charge is 0.478 e. The zero-order valence-electron chi connectivity index (χ0n) is 15.2. The summed E-state index contributed by atoms with van der Waals surface area (Å²) >= 11 is 1.17. The Labute approximate surface area is 161 Å². The fourth-order valence-electron chi connectivity index (χ4n) is 2.60. The normalized spacial score (nSPS) is 17.3. The SMILES string of the molecule is CN(C)CCN1C=CC=C(C(=O)O)C1SCCC(F)(F)c1ccc(F)cc1. The van der Waals surface area contributed by atoms with Crippen LogP contribution < -0.4 is 0 Å². The highest BCUT2D eigenvalue weighted by molar-refractivity contribution is 8.00. The van der Waals surface area contributed by atoms with Gasteiger partial charge in [0, 0.05) is 37.0 Å². The lowest BCUT2D eigenvalue weighted by Crippen LogP contribution is -2.38. The number of halogens is 3. The Morgan fingerprint density at radius 2 is 1.96 bits per heavy atom. The van der Waals surface area contributed by atoms with Crippen LogP contribution >= 0.6 is 11.8 Å². The van der Waals surface area contributed by atoms with Crippen LogP contribution in [0.4, 0.5) is 13.2 Å². The first-order valence-electron chi connectivity index (χ1n) is 8.48. The minimum atomic E-state index is -3.10. The van der Waals surface area contributed by atoms with E-state index in [0.717, 1.165) is 24.3 Å². The molecule has 8 heteroatoms. The molecule has 2 rings (SSSR count). The Balaban J connectivity index is 2.02. The Kier molecular flexibility index (Phi) is 7.38. The standard InChI is InChI=1S/C19H23F3N2O2S/c1-23(2)11-12-24-10-3-4-16(18(25)26)17(24)27-13-9-19(21,22)14-5-7-15(20)8-6-14/h3-8,10,17H,9,11-13H2,1-2H3,(H,25,26). The molecule has 0 amide bonds. The highest BCUT2D eigenvalue weighted by Gasteiger charge is 2.33. The van der Waals surface area contributed by atoms with Crippen LogP contribution in [0.5, 0.6) is 0 Å². The molecule has 27 heavy (non-hydrogen) atoms. The maximum atomic E-state index is 14.3. The monoisotopic (exact) mass is 400 g/mol. The fraction of sp³-hybridized carbons (Fsp3) is 0.421. The maximum absolute atomic E-state index is 14.3. The lowest BCUT2D eigenvalue weighted by molar-refractivity contribution is -0.133. The lowest BCUT2D eigenvalue weighted by atomic mass is 10.1. The van der Waals surface area contributed by atoms with Crippen molar-refractivity contribution in [1.82, 2.24) is 9.80 Å². The van der Waals surface area contributed by atoms with E-state index in [1.807, 2.05) is 23.9 Å². The molecule has 1 unspecified atom stereocenters. The number of carboxylic acid groups (broad SMARTS) is 1. The summed E-state index contributed by atoms with van der Waals surface area (Å²) in [7, 11) is 3.82. The summed E-state index contributed by atoms with van der Waals surface area (Å²) < 4.78 is 41.6. The minimum Gasteiger partial charge on any atom is -0.478 e. The van der Waals surface area contributed by atoms with Gasteiger partial charge in [-0.1, -0.05) is 12.1 Å². The van der Waals surface area contributed by atoms with E-state index in [0.29, 0.717) is 13.1 Å². The average Bonchev–Trinajstić information content (AvgIpc) is 2.60. The third kappa shape index (κ3) is 6.04. The van der Waals surface area contributed by atoms with E-state index in [1.54, 1.807) is 12.3 Å². The molecular formula is C19H23F3N2O2S. The second-order valence-corrected chi connectivity index (χ2v) is 7.68. The summed E-state index contributed by atoms with van der Waals surface area (Å²) in [5, 5.41) is 8.90. The molecule has 0 aliphatic carbocycles. The van der Waals surface area contributed by atoms with Gasteiger partial charge in [-0.2, -0.15) is 0 Å². The van der Waals surface area contributed by atoms with Crippen molar-refractivity contribution in [1.29, 1.82) is 0 Å². The number of rotatable bonds is 9. The number of hydrogen-bond donors (Lipinski definition) is 1. The minimum absolute atomic E-state index is 0.0615. The van der Waals surface area contributed by atoms with Crippen molar-refractivity contribution in [3.8, 4) is 0 Å². The Hall–Kier alpha value is -1.93. The van der Waals surface area contributed by atoms with Gasteiger partial charge in [-0.05, 0) is 38.4 Å². The van der Waals surface area contributed by atoms with E-state index in [4.69, 9.17) is 0 Å². The summed E-state index contributed by atoms with van der Waals surface area (Å²) in [6, 6.07) is 4.18. The van der Waals surface area contributed by atoms with Crippen molar-refractivity contribution in [3.63, 3.8) is 0 Å². The van der Waals surface area contributed by atoms with Gasteiger partial charge in [-0.3, -0.25) is 0 Å². The average molecular weight is 400 g/mol. The molecule has 1 aliphatic rings. The van der Waals surface area contributed by atoms with Crippen LogP contribution in [0.2, 0.25) is 0 Å². The molecule has 1 aromatic carbocycles. The smallest absolute Gasteiger partial charge is 0.334 e. The van der Waals surface area contributed by atoms with Crippen LogP contribution in [-0.4, -0.2) is 59.2 Å². The number of benzene rings is 1. The summed E-state index contributed by atoms with van der Waals surface area (Å²) in [6.07, 6.45) is 4.48. The molecule has 1 heterocycles. The number of nitrogens with zero attached hydrogens (tertiary/aromatic N) is 2. The third-order valence-corrected chi connectivity index (χ3v) is 5.41. The van der Waals surface area contributed by atoms with Crippen LogP contribution in [0, 0.1) is 5.82 Å². The molecular weight excluding hydrogens is 377 g/mol. The molecule has 1 atom stereocenters. The number of carboxylic acids is 1. The highest BCUT2D eigenvalue weighted by atomic mass is 32.2. The Bertz CT molecular complexity index is 705. The van der Waals surface area contributed by atoms with E-state index in [-0.39, 0.29) is 16.9 Å². The zero-order chi connectivity index (χ0) is 20.0. The van der Waals surface area contributed by atoms with Gasteiger partial charge in [-0.25, -0.2) is 18.0 Å². The molecule has 0 radical (unpaired) electrons. The van der Waals surface area contributed by atoms with Crippen LogP contribution in [0.25, 0.3) is 0 Å². The van der Waals surface area contributed by atoms with Gasteiger partial charge in [-0.15, -0.1) is 11.8 Å². The second-order valence-electron chi connectivity index (χ2n) is 6.49. The predicted molar refractivity (Wildman–Crippen MR) is 101 cm³/mol. The van der Waals surface area contributed by atoms with Gasteiger partial charge in [0.2, 0.25) is 0 Å². The van der Waals surface area contributed by atoms with E-state index in [9.17, 15) is 23.1 Å². The predicted octanol–water partition coefficient (Wildman–Crippen LogP) is 3.77. The van der Waals surface area contributed by atoms with E-state index >= 15 is 0 Å². The molecule has 1 aliphatic heterocycles. The van der Waals surface area contributed by atoms with Crippen LogP contribution in [0.3, 0.4) is 0 Å². The zero-order valence-corrected chi connectivity index (χ0v) is 16.1. The molecule has 0 saturated heterocycles. The van der Waals surface area contributed by atoms with Crippen molar-refractivity contribution in [2.75, 3.05) is 32.9 Å². The summed E-state index contributed by atoms with van der Waals surface area (Å²) in [4.78, 5) is 15.3. The number of likely N-dealkylation sites (N-methyl/N-ethyl adjacent to an activating group) is 1. The van der Waals surface area contributed by atoms with Gasteiger partial charge in [0.25, 0.3) is 5.92 Å². The number of alkyl halides is 2. The Morgan fingerprint density at radius 3 is 2.56 bits per heavy atom. The second kappa shape index (κ2) is 9.32. The fourth-order valence-corrected chi connectivity index (χ4v) is 3.93.